The molecule has 2 atom stereocenters. The Balaban J connectivity index is 1.67. The predicted molar refractivity (Wildman–Crippen MR) is 75.5 cm³/mol. The van der Waals surface area contributed by atoms with Crippen molar-refractivity contribution in [3.05, 3.63) is 29.8 Å². The van der Waals surface area contributed by atoms with Crippen LogP contribution in [0.4, 0.5) is 5.69 Å². The average molecular weight is 290 g/mol. The highest BCUT2D eigenvalue weighted by atomic mass is 16.5. The lowest BCUT2D eigenvalue weighted by Crippen LogP contribution is -2.49. The molecular formula is C15H18N2O4. The molecule has 112 valence electrons. The van der Waals surface area contributed by atoms with Gasteiger partial charge in [-0.05, 0) is 30.5 Å². The largest absolute Gasteiger partial charge is 0.394 e. The fraction of sp³-hybridized carbons (Fsp3) is 0.467. The number of aliphatic hydroxyl groups excluding tert-OH is 1. The molecule has 0 bridgehead atoms. The summed E-state index contributed by atoms with van der Waals surface area (Å²) in [6.45, 7) is -0.197. The highest BCUT2D eigenvalue weighted by Crippen LogP contribution is 2.30. The second kappa shape index (κ2) is 5.83. The van der Waals surface area contributed by atoms with Gasteiger partial charge in [0.05, 0.1) is 12.6 Å². The summed E-state index contributed by atoms with van der Waals surface area (Å²) in [5, 5.41) is 14.9. The number of hydrogen-bond acceptors (Lipinski definition) is 4. The molecule has 1 aliphatic carbocycles. The zero-order valence-electron chi connectivity index (χ0n) is 11.5. The van der Waals surface area contributed by atoms with E-state index in [1.165, 1.54) is 0 Å². The molecule has 6 heteroatoms. The van der Waals surface area contributed by atoms with Crippen LogP contribution in [-0.4, -0.2) is 36.2 Å². The smallest absolute Gasteiger partial charge is 0.246 e. The normalized spacial score (nSPS) is 25.3. The maximum Gasteiger partial charge on any atom is 0.246 e. The molecule has 1 saturated heterocycles. The molecule has 1 aliphatic heterocycles. The summed E-state index contributed by atoms with van der Waals surface area (Å²) in [6.07, 6.45) is 1.57. The first kappa shape index (κ1) is 14.0. The number of anilines is 1. The van der Waals surface area contributed by atoms with E-state index in [0.717, 1.165) is 24.1 Å². The number of carbonyl (C=O) groups is 2. The minimum atomic E-state index is -0.446. The molecular weight excluding hydrogens is 272 g/mol. The molecule has 1 saturated carbocycles. The van der Waals surface area contributed by atoms with Gasteiger partial charge in [-0.1, -0.05) is 12.1 Å². The average Bonchev–Trinajstić information content (AvgIpc) is 3.33. The van der Waals surface area contributed by atoms with Crippen molar-refractivity contribution in [2.24, 2.45) is 5.92 Å². The summed E-state index contributed by atoms with van der Waals surface area (Å²) < 4.78 is 5.49. The molecule has 0 spiro atoms. The van der Waals surface area contributed by atoms with E-state index in [-0.39, 0.29) is 37.0 Å². The lowest BCUT2D eigenvalue weighted by Gasteiger charge is -2.31. The van der Waals surface area contributed by atoms with Gasteiger partial charge in [0.2, 0.25) is 11.8 Å². The number of carbonyl (C=O) groups excluding carboxylic acids is 2. The maximum absolute atomic E-state index is 11.7. The Hall–Kier alpha value is -1.92. The van der Waals surface area contributed by atoms with Crippen LogP contribution in [0.2, 0.25) is 0 Å². The van der Waals surface area contributed by atoms with Crippen molar-refractivity contribution in [2.45, 2.75) is 25.0 Å². The highest BCUT2D eigenvalue weighted by Gasteiger charge is 2.31. The van der Waals surface area contributed by atoms with Crippen LogP contribution in [0.25, 0.3) is 0 Å². The fourth-order valence-corrected chi connectivity index (χ4v) is 2.42. The van der Waals surface area contributed by atoms with Crippen molar-refractivity contribution in [1.82, 2.24) is 5.32 Å². The van der Waals surface area contributed by atoms with Crippen LogP contribution >= 0.6 is 0 Å². The molecule has 3 rings (SSSR count). The van der Waals surface area contributed by atoms with Crippen molar-refractivity contribution >= 4 is 17.5 Å². The van der Waals surface area contributed by atoms with Gasteiger partial charge in [0.1, 0.15) is 12.7 Å². The molecule has 0 aromatic heterocycles. The Morgan fingerprint density at radius 2 is 2.05 bits per heavy atom. The monoisotopic (exact) mass is 290 g/mol. The molecule has 0 unspecified atom stereocenters. The van der Waals surface area contributed by atoms with Crippen molar-refractivity contribution in [1.29, 1.82) is 0 Å². The molecule has 1 aromatic rings. The molecule has 2 fully saturated rings. The van der Waals surface area contributed by atoms with Crippen LogP contribution in [0.5, 0.6) is 0 Å². The van der Waals surface area contributed by atoms with E-state index in [9.17, 15) is 14.7 Å². The first-order valence-corrected chi connectivity index (χ1v) is 7.10. The highest BCUT2D eigenvalue weighted by molar-refractivity contribution is 5.94. The van der Waals surface area contributed by atoms with E-state index in [2.05, 4.69) is 10.6 Å². The van der Waals surface area contributed by atoms with Gasteiger partial charge in [-0.3, -0.25) is 9.59 Å². The Labute approximate surface area is 122 Å². The number of nitrogens with one attached hydrogen (secondary N) is 2. The Morgan fingerprint density at radius 3 is 2.67 bits per heavy atom. The van der Waals surface area contributed by atoms with Crippen LogP contribution in [0, 0.1) is 5.92 Å². The third-order valence-corrected chi connectivity index (χ3v) is 3.76. The van der Waals surface area contributed by atoms with Gasteiger partial charge in [0.15, 0.2) is 0 Å². The second-order valence-electron chi connectivity index (χ2n) is 5.47. The van der Waals surface area contributed by atoms with E-state index >= 15 is 0 Å². The van der Waals surface area contributed by atoms with E-state index in [0.29, 0.717) is 0 Å². The SMILES string of the molecule is O=C1CO[C@H](c2ccc(NC(=O)C3CC3)cc2)[C@@H](CO)N1. The molecule has 2 amide bonds. The number of hydrogen-bond donors (Lipinski definition) is 3. The van der Waals surface area contributed by atoms with Crippen LogP contribution in [0.15, 0.2) is 24.3 Å². The summed E-state index contributed by atoms with van der Waals surface area (Å²) >= 11 is 0. The van der Waals surface area contributed by atoms with E-state index in [1.807, 2.05) is 24.3 Å². The van der Waals surface area contributed by atoms with E-state index in [1.54, 1.807) is 0 Å². The molecule has 1 heterocycles. The molecule has 21 heavy (non-hydrogen) atoms. The fourth-order valence-electron chi connectivity index (χ4n) is 2.42. The minimum Gasteiger partial charge on any atom is -0.394 e. The van der Waals surface area contributed by atoms with Crippen molar-refractivity contribution < 1.29 is 19.4 Å². The molecule has 3 N–H and O–H groups in total. The third-order valence-electron chi connectivity index (χ3n) is 3.76. The molecule has 0 radical (unpaired) electrons. The summed E-state index contributed by atoms with van der Waals surface area (Å²) in [5.74, 6) is 0.0103. The molecule has 6 nitrogen and oxygen atoms in total. The maximum atomic E-state index is 11.7. The summed E-state index contributed by atoms with van der Waals surface area (Å²) in [4.78, 5) is 22.9. The van der Waals surface area contributed by atoms with Gasteiger partial charge in [-0.25, -0.2) is 0 Å². The second-order valence-corrected chi connectivity index (χ2v) is 5.47. The standard InChI is InChI=1S/C15H18N2O4/c18-7-12-14(21-8-13(19)17-12)9-3-5-11(6-4-9)16-15(20)10-1-2-10/h3-6,10,12,14,18H,1-2,7-8H2,(H,16,20)(H,17,19)/t12-,14-/m1/s1. The summed E-state index contributed by atoms with van der Waals surface area (Å²) in [7, 11) is 0. The Morgan fingerprint density at radius 1 is 1.33 bits per heavy atom. The van der Waals surface area contributed by atoms with Gasteiger partial charge in [-0.15, -0.1) is 0 Å². The number of rotatable bonds is 4. The number of morpholine rings is 1. The van der Waals surface area contributed by atoms with E-state index in [4.69, 9.17) is 4.74 Å². The summed E-state index contributed by atoms with van der Waals surface area (Å²) in [6, 6.07) is 6.85. The Bertz CT molecular complexity index is 539. The van der Waals surface area contributed by atoms with Gasteiger partial charge in [0, 0.05) is 11.6 Å². The third kappa shape index (κ3) is 3.22. The predicted octanol–water partition coefficient (Wildman–Crippen LogP) is 0.583. The number of ether oxygens (including phenoxy) is 1. The van der Waals surface area contributed by atoms with Crippen molar-refractivity contribution in [3.63, 3.8) is 0 Å². The minimum absolute atomic E-state index is 0.0126. The first-order valence-electron chi connectivity index (χ1n) is 7.10. The molecule has 1 aromatic carbocycles. The van der Waals surface area contributed by atoms with Gasteiger partial charge in [0.25, 0.3) is 0 Å². The quantitative estimate of drug-likeness (QED) is 0.757. The van der Waals surface area contributed by atoms with Gasteiger partial charge < -0.3 is 20.5 Å². The van der Waals surface area contributed by atoms with Crippen LogP contribution in [-0.2, 0) is 14.3 Å². The molecule has 2 aliphatic rings. The van der Waals surface area contributed by atoms with Gasteiger partial charge >= 0.3 is 0 Å². The number of benzene rings is 1. The zero-order chi connectivity index (χ0) is 14.8. The lowest BCUT2D eigenvalue weighted by atomic mass is 10.0. The van der Waals surface area contributed by atoms with Crippen molar-refractivity contribution in [3.8, 4) is 0 Å². The first-order chi connectivity index (χ1) is 10.2. The van der Waals surface area contributed by atoms with Crippen LogP contribution < -0.4 is 10.6 Å². The van der Waals surface area contributed by atoms with Crippen LogP contribution in [0.3, 0.4) is 0 Å². The van der Waals surface area contributed by atoms with E-state index < -0.39 is 6.04 Å². The number of aliphatic hydroxyl groups is 1. The van der Waals surface area contributed by atoms with Gasteiger partial charge in [-0.2, -0.15) is 0 Å². The zero-order valence-corrected chi connectivity index (χ0v) is 11.5. The number of amides is 2. The summed E-state index contributed by atoms with van der Waals surface area (Å²) in [5.41, 5.74) is 1.61. The van der Waals surface area contributed by atoms with Crippen LogP contribution in [0.1, 0.15) is 24.5 Å². The lowest BCUT2D eigenvalue weighted by molar-refractivity contribution is -0.138. The Kier molecular flexibility index (Phi) is 3.90. The topological polar surface area (TPSA) is 87.7 Å². The van der Waals surface area contributed by atoms with Crippen molar-refractivity contribution in [2.75, 3.05) is 18.5 Å².